The molecule has 0 amide bonds. The molecule has 1 saturated carbocycles. The molecule has 0 aromatic rings. The fourth-order valence-electron chi connectivity index (χ4n) is 2.13. The maximum atomic E-state index is 8.96. The molecule has 0 aromatic carbocycles. The van der Waals surface area contributed by atoms with Gasteiger partial charge in [0.1, 0.15) is 0 Å². The van der Waals surface area contributed by atoms with Crippen LogP contribution in [0.15, 0.2) is 0 Å². The molecule has 2 heteroatoms. The van der Waals surface area contributed by atoms with Crippen LogP contribution < -0.4 is 0 Å². The van der Waals surface area contributed by atoms with Gasteiger partial charge < -0.3 is 4.90 Å². The second-order valence-corrected chi connectivity index (χ2v) is 6.48. The normalized spacial score (nSPS) is 16.5. The van der Waals surface area contributed by atoms with Crippen LogP contribution in [0, 0.1) is 22.7 Å². The van der Waals surface area contributed by atoms with E-state index in [0.717, 1.165) is 12.3 Å². The van der Waals surface area contributed by atoms with Crippen molar-refractivity contribution < 1.29 is 0 Å². The molecule has 1 rings (SSSR count). The van der Waals surface area contributed by atoms with E-state index in [0.29, 0.717) is 6.04 Å². The Morgan fingerprint density at radius 3 is 2.41 bits per heavy atom. The Kier molecular flexibility index (Phi) is 5.46. The van der Waals surface area contributed by atoms with Crippen molar-refractivity contribution in [3.63, 3.8) is 0 Å². The van der Waals surface area contributed by atoms with E-state index >= 15 is 0 Å². The van der Waals surface area contributed by atoms with Gasteiger partial charge in [-0.25, -0.2) is 0 Å². The third-order valence-corrected chi connectivity index (χ3v) is 3.72. The van der Waals surface area contributed by atoms with Crippen LogP contribution in [0.3, 0.4) is 0 Å². The SMILES string of the molecule is CC(C)N(CCCCC(C)(C)C#N)CC1CC1. The lowest BCUT2D eigenvalue weighted by atomic mass is 9.89. The molecule has 0 saturated heterocycles. The first-order valence-electron chi connectivity index (χ1n) is 7.10. The number of rotatable bonds is 8. The van der Waals surface area contributed by atoms with Gasteiger partial charge in [0, 0.05) is 12.6 Å². The van der Waals surface area contributed by atoms with Crippen molar-refractivity contribution in [2.24, 2.45) is 11.3 Å². The molecule has 17 heavy (non-hydrogen) atoms. The highest BCUT2D eigenvalue weighted by Crippen LogP contribution is 2.30. The van der Waals surface area contributed by atoms with E-state index in [1.54, 1.807) is 0 Å². The number of hydrogen-bond donors (Lipinski definition) is 0. The van der Waals surface area contributed by atoms with Crippen molar-refractivity contribution >= 4 is 0 Å². The Morgan fingerprint density at radius 2 is 1.94 bits per heavy atom. The third-order valence-electron chi connectivity index (χ3n) is 3.72. The van der Waals surface area contributed by atoms with Crippen LogP contribution in [0.5, 0.6) is 0 Å². The minimum Gasteiger partial charge on any atom is -0.301 e. The van der Waals surface area contributed by atoms with E-state index in [1.807, 2.05) is 13.8 Å². The van der Waals surface area contributed by atoms with Crippen molar-refractivity contribution in [3.05, 3.63) is 0 Å². The van der Waals surface area contributed by atoms with E-state index in [2.05, 4.69) is 24.8 Å². The van der Waals surface area contributed by atoms with Crippen molar-refractivity contribution in [2.75, 3.05) is 13.1 Å². The van der Waals surface area contributed by atoms with Gasteiger partial charge in [0.2, 0.25) is 0 Å². The molecule has 1 aliphatic rings. The second-order valence-electron chi connectivity index (χ2n) is 6.48. The van der Waals surface area contributed by atoms with E-state index < -0.39 is 0 Å². The summed E-state index contributed by atoms with van der Waals surface area (Å²) in [6, 6.07) is 3.05. The van der Waals surface area contributed by atoms with Gasteiger partial charge in [0.25, 0.3) is 0 Å². The quantitative estimate of drug-likeness (QED) is 0.599. The molecule has 2 nitrogen and oxygen atoms in total. The largest absolute Gasteiger partial charge is 0.301 e. The predicted molar refractivity (Wildman–Crippen MR) is 72.7 cm³/mol. The lowest BCUT2D eigenvalue weighted by Crippen LogP contribution is -2.33. The van der Waals surface area contributed by atoms with Crippen LogP contribution in [0.2, 0.25) is 0 Å². The summed E-state index contributed by atoms with van der Waals surface area (Å²) in [5.74, 6) is 0.980. The summed E-state index contributed by atoms with van der Waals surface area (Å²) < 4.78 is 0. The predicted octanol–water partition coefficient (Wildman–Crippen LogP) is 3.83. The van der Waals surface area contributed by atoms with Crippen molar-refractivity contribution in [2.45, 2.75) is 65.8 Å². The first-order chi connectivity index (χ1) is 7.94. The summed E-state index contributed by atoms with van der Waals surface area (Å²) in [4.78, 5) is 2.61. The smallest absolute Gasteiger partial charge is 0.0683 e. The lowest BCUT2D eigenvalue weighted by Gasteiger charge is -2.26. The first-order valence-corrected chi connectivity index (χ1v) is 7.10. The lowest BCUT2D eigenvalue weighted by molar-refractivity contribution is 0.205. The zero-order chi connectivity index (χ0) is 12.9. The summed E-state index contributed by atoms with van der Waals surface area (Å²) in [5.41, 5.74) is -0.140. The van der Waals surface area contributed by atoms with E-state index in [1.165, 1.54) is 38.8 Å². The Labute approximate surface area is 107 Å². The van der Waals surface area contributed by atoms with E-state index in [9.17, 15) is 0 Å². The highest BCUT2D eigenvalue weighted by atomic mass is 15.1. The Morgan fingerprint density at radius 1 is 1.29 bits per heavy atom. The number of hydrogen-bond acceptors (Lipinski definition) is 2. The molecule has 0 unspecified atom stereocenters. The minimum atomic E-state index is -0.140. The number of unbranched alkanes of at least 4 members (excludes halogenated alkanes) is 1. The summed E-state index contributed by atoms with van der Waals surface area (Å²) in [7, 11) is 0. The highest BCUT2D eigenvalue weighted by Gasteiger charge is 2.25. The fraction of sp³-hybridized carbons (Fsp3) is 0.933. The standard InChI is InChI=1S/C15H28N2/c1-13(2)17(11-14-7-8-14)10-6-5-9-15(3,4)12-16/h13-14H,5-11H2,1-4H3. The van der Waals surface area contributed by atoms with Crippen LogP contribution in [0.25, 0.3) is 0 Å². The fourth-order valence-corrected chi connectivity index (χ4v) is 2.13. The average Bonchev–Trinajstić information content (AvgIpc) is 3.06. The third kappa shape index (κ3) is 6.07. The minimum absolute atomic E-state index is 0.140. The molecule has 98 valence electrons. The van der Waals surface area contributed by atoms with Gasteiger partial charge in [-0.3, -0.25) is 0 Å². The molecule has 0 bridgehead atoms. The van der Waals surface area contributed by atoms with Gasteiger partial charge >= 0.3 is 0 Å². The molecule has 0 heterocycles. The van der Waals surface area contributed by atoms with E-state index in [-0.39, 0.29) is 5.41 Å². The molecule has 0 radical (unpaired) electrons. The van der Waals surface area contributed by atoms with Crippen LogP contribution in [0.1, 0.15) is 59.8 Å². The summed E-state index contributed by atoms with van der Waals surface area (Å²) >= 11 is 0. The number of nitriles is 1. The number of nitrogens with zero attached hydrogens (tertiary/aromatic N) is 2. The van der Waals surface area contributed by atoms with Gasteiger partial charge in [-0.2, -0.15) is 5.26 Å². The van der Waals surface area contributed by atoms with Gasteiger partial charge in [-0.05, 0) is 65.8 Å². The molecule has 0 spiro atoms. The van der Waals surface area contributed by atoms with Gasteiger partial charge in [-0.15, -0.1) is 0 Å². The van der Waals surface area contributed by atoms with Gasteiger partial charge in [0.15, 0.2) is 0 Å². The van der Waals surface area contributed by atoms with Crippen LogP contribution in [-0.4, -0.2) is 24.0 Å². The molecule has 1 fully saturated rings. The molecular weight excluding hydrogens is 208 g/mol. The van der Waals surface area contributed by atoms with Crippen molar-refractivity contribution in [3.8, 4) is 6.07 Å². The second kappa shape index (κ2) is 6.40. The van der Waals surface area contributed by atoms with Crippen LogP contribution >= 0.6 is 0 Å². The van der Waals surface area contributed by atoms with Crippen LogP contribution in [0.4, 0.5) is 0 Å². The first kappa shape index (κ1) is 14.5. The Balaban J connectivity index is 2.16. The van der Waals surface area contributed by atoms with Crippen LogP contribution in [-0.2, 0) is 0 Å². The van der Waals surface area contributed by atoms with Crippen molar-refractivity contribution in [1.29, 1.82) is 5.26 Å². The topological polar surface area (TPSA) is 27.0 Å². The van der Waals surface area contributed by atoms with E-state index in [4.69, 9.17) is 5.26 Å². The maximum absolute atomic E-state index is 8.96. The summed E-state index contributed by atoms with van der Waals surface area (Å²) in [5, 5.41) is 8.96. The summed E-state index contributed by atoms with van der Waals surface area (Å²) in [6.45, 7) is 11.2. The molecule has 0 N–H and O–H groups in total. The van der Waals surface area contributed by atoms with Gasteiger partial charge in [0.05, 0.1) is 11.5 Å². The molecule has 0 atom stereocenters. The zero-order valence-corrected chi connectivity index (χ0v) is 12.0. The average molecular weight is 236 g/mol. The molecular formula is C15H28N2. The molecule has 0 aromatic heterocycles. The molecule has 0 aliphatic heterocycles. The van der Waals surface area contributed by atoms with Gasteiger partial charge in [-0.1, -0.05) is 6.42 Å². The van der Waals surface area contributed by atoms with Crippen molar-refractivity contribution in [1.82, 2.24) is 4.90 Å². The highest BCUT2D eigenvalue weighted by molar-refractivity contribution is 4.91. The maximum Gasteiger partial charge on any atom is 0.0683 e. The Hall–Kier alpha value is -0.550. The molecule has 1 aliphatic carbocycles. The summed E-state index contributed by atoms with van der Waals surface area (Å²) in [6.07, 6.45) is 6.30. The monoisotopic (exact) mass is 236 g/mol. The Bertz CT molecular complexity index is 259. The zero-order valence-electron chi connectivity index (χ0n) is 12.0.